The van der Waals surface area contributed by atoms with Crippen LogP contribution in [0.5, 0.6) is 0 Å². The Morgan fingerprint density at radius 1 is 1.00 bits per heavy atom. The number of carboxylic acids is 1. The highest BCUT2D eigenvalue weighted by Crippen LogP contribution is 2.19. The summed E-state index contributed by atoms with van der Waals surface area (Å²) in [7, 11) is 0. The third kappa shape index (κ3) is 3.57. The molecule has 2 rings (SSSR count). The van der Waals surface area contributed by atoms with Crippen molar-refractivity contribution in [2.24, 2.45) is 0 Å². The zero-order valence-corrected chi connectivity index (χ0v) is 11.4. The molecule has 0 aromatic heterocycles. The monoisotopic (exact) mass is 282 g/mol. The molecule has 2 aromatic rings. The number of ether oxygens (including phenoxy) is 1. The van der Waals surface area contributed by atoms with Crippen LogP contribution >= 0.6 is 0 Å². The lowest BCUT2D eigenvalue weighted by Crippen LogP contribution is -2.05. The summed E-state index contributed by atoms with van der Waals surface area (Å²) in [5, 5.41) is 9.27. The standard InChI is InChI=1S/C17H14O4/c1-12-7-5-6-10-14(12)15(16(18)19)11-21-17(20)13-8-3-2-4-9-13/h2-11H,1H3,(H,18,19). The first kappa shape index (κ1) is 14.5. The second-order valence-electron chi connectivity index (χ2n) is 4.42. The summed E-state index contributed by atoms with van der Waals surface area (Å²) in [6.45, 7) is 1.80. The first-order valence-corrected chi connectivity index (χ1v) is 6.35. The van der Waals surface area contributed by atoms with E-state index in [2.05, 4.69) is 0 Å². The van der Waals surface area contributed by atoms with Gasteiger partial charge in [0.1, 0.15) is 11.8 Å². The molecule has 0 aliphatic carbocycles. The molecule has 0 fully saturated rings. The number of rotatable bonds is 4. The van der Waals surface area contributed by atoms with Gasteiger partial charge in [0.05, 0.1) is 5.56 Å². The number of hydrogen-bond donors (Lipinski definition) is 1. The van der Waals surface area contributed by atoms with Gasteiger partial charge >= 0.3 is 11.9 Å². The lowest BCUT2D eigenvalue weighted by Gasteiger charge is -2.06. The average Bonchev–Trinajstić information content (AvgIpc) is 2.49. The predicted octanol–water partition coefficient (Wildman–Crippen LogP) is 3.28. The van der Waals surface area contributed by atoms with E-state index in [9.17, 15) is 14.7 Å². The largest absolute Gasteiger partial charge is 0.478 e. The fourth-order valence-electron chi connectivity index (χ4n) is 1.86. The topological polar surface area (TPSA) is 63.6 Å². The normalized spacial score (nSPS) is 11.0. The fraction of sp³-hybridized carbons (Fsp3) is 0.0588. The Morgan fingerprint density at radius 3 is 2.24 bits per heavy atom. The summed E-state index contributed by atoms with van der Waals surface area (Å²) in [5.74, 6) is -1.74. The molecule has 0 unspecified atom stereocenters. The van der Waals surface area contributed by atoms with Gasteiger partial charge < -0.3 is 9.84 Å². The number of carboxylic acid groups (broad SMARTS) is 1. The van der Waals surface area contributed by atoms with E-state index in [0.29, 0.717) is 11.1 Å². The van der Waals surface area contributed by atoms with Gasteiger partial charge in [-0.15, -0.1) is 0 Å². The number of aliphatic carboxylic acids is 1. The number of carbonyl (C=O) groups excluding carboxylic acids is 1. The van der Waals surface area contributed by atoms with E-state index in [4.69, 9.17) is 4.74 Å². The summed E-state index contributed by atoms with van der Waals surface area (Å²) >= 11 is 0. The summed E-state index contributed by atoms with van der Waals surface area (Å²) in [4.78, 5) is 23.2. The number of carbonyl (C=O) groups is 2. The van der Waals surface area contributed by atoms with Crippen LogP contribution in [-0.4, -0.2) is 17.0 Å². The molecule has 0 atom stereocenters. The molecule has 0 saturated heterocycles. The molecule has 0 heterocycles. The van der Waals surface area contributed by atoms with Crippen LogP contribution in [0.2, 0.25) is 0 Å². The van der Waals surface area contributed by atoms with Crippen molar-refractivity contribution in [2.75, 3.05) is 0 Å². The minimum Gasteiger partial charge on any atom is -0.478 e. The molecule has 0 saturated carbocycles. The van der Waals surface area contributed by atoms with E-state index >= 15 is 0 Å². The van der Waals surface area contributed by atoms with Gasteiger partial charge in [0.25, 0.3) is 0 Å². The minimum atomic E-state index is -1.15. The van der Waals surface area contributed by atoms with Gasteiger partial charge in [-0.25, -0.2) is 9.59 Å². The number of benzene rings is 2. The van der Waals surface area contributed by atoms with Crippen molar-refractivity contribution in [3.05, 3.63) is 77.5 Å². The molecular formula is C17H14O4. The Labute approximate surface area is 122 Å². The minimum absolute atomic E-state index is 0.0580. The third-order valence-electron chi connectivity index (χ3n) is 2.96. The molecule has 4 nitrogen and oxygen atoms in total. The maximum absolute atomic E-state index is 11.8. The van der Waals surface area contributed by atoms with Crippen molar-refractivity contribution in [1.82, 2.24) is 0 Å². The molecule has 0 spiro atoms. The van der Waals surface area contributed by atoms with E-state index in [1.807, 2.05) is 6.07 Å². The zero-order chi connectivity index (χ0) is 15.2. The number of esters is 1. The maximum Gasteiger partial charge on any atom is 0.342 e. The van der Waals surface area contributed by atoms with Crippen molar-refractivity contribution in [1.29, 1.82) is 0 Å². The first-order valence-electron chi connectivity index (χ1n) is 6.35. The summed E-state index contributed by atoms with van der Waals surface area (Å²) < 4.78 is 4.98. The van der Waals surface area contributed by atoms with Crippen molar-refractivity contribution in [2.45, 2.75) is 6.92 Å². The van der Waals surface area contributed by atoms with Crippen LogP contribution in [0.3, 0.4) is 0 Å². The second-order valence-corrected chi connectivity index (χ2v) is 4.42. The Morgan fingerprint density at radius 2 is 1.62 bits per heavy atom. The van der Waals surface area contributed by atoms with Gasteiger partial charge in [0, 0.05) is 0 Å². The van der Waals surface area contributed by atoms with Crippen LogP contribution in [0, 0.1) is 6.92 Å². The molecule has 21 heavy (non-hydrogen) atoms. The van der Waals surface area contributed by atoms with E-state index in [1.165, 1.54) is 0 Å². The average molecular weight is 282 g/mol. The SMILES string of the molecule is Cc1ccccc1C(=COC(=O)c1ccccc1)C(=O)O. The number of aryl methyl sites for hydroxylation is 1. The van der Waals surface area contributed by atoms with Gasteiger partial charge in [-0.2, -0.15) is 0 Å². The van der Waals surface area contributed by atoms with E-state index in [0.717, 1.165) is 11.8 Å². The van der Waals surface area contributed by atoms with Gasteiger partial charge in [-0.05, 0) is 30.2 Å². The Hall–Kier alpha value is -2.88. The highest BCUT2D eigenvalue weighted by atomic mass is 16.5. The lowest BCUT2D eigenvalue weighted by atomic mass is 10.0. The molecular weight excluding hydrogens is 268 g/mol. The van der Waals surface area contributed by atoms with Crippen molar-refractivity contribution in [3.63, 3.8) is 0 Å². The molecule has 0 bridgehead atoms. The van der Waals surface area contributed by atoms with E-state index in [1.54, 1.807) is 55.5 Å². The molecule has 0 aliphatic heterocycles. The van der Waals surface area contributed by atoms with Gasteiger partial charge in [0.2, 0.25) is 0 Å². The molecule has 0 amide bonds. The lowest BCUT2D eigenvalue weighted by molar-refractivity contribution is -0.130. The van der Waals surface area contributed by atoms with Crippen LogP contribution < -0.4 is 0 Å². The smallest absolute Gasteiger partial charge is 0.342 e. The Bertz CT molecular complexity index is 687. The first-order chi connectivity index (χ1) is 10.1. The van der Waals surface area contributed by atoms with Gasteiger partial charge in [0.15, 0.2) is 0 Å². The summed E-state index contributed by atoms with van der Waals surface area (Å²) in [5.41, 5.74) is 1.62. The van der Waals surface area contributed by atoms with Gasteiger partial charge in [-0.1, -0.05) is 42.5 Å². The quantitative estimate of drug-likeness (QED) is 0.531. The Kier molecular flexibility index (Phi) is 4.51. The van der Waals surface area contributed by atoms with Crippen molar-refractivity contribution in [3.8, 4) is 0 Å². The molecule has 106 valence electrons. The van der Waals surface area contributed by atoms with E-state index in [-0.39, 0.29) is 5.57 Å². The fourth-order valence-corrected chi connectivity index (χ4v) is 1.86. The van der Waals surface area contributed by atoms with E-state index < -0.39 is 11.9 Å². The molecule has 0 aliphatic rings. The van der Waals surface area contributed by atoms with Gasteiger partial charge in [-0.3, -0.25) is 0 Å². The molecule has 4 heteroatoms. The maximum atomic E-state index is 11.8. The molecule has 1 N–H and O–H groups in total. The van der Waals surface area contributed by atoms with Crippen LogP contribution in [-0.2, 0) is 9.53 Å². The summed E-state index contributed by atoms with van der Waals surface area (Å²) in [6.07, 6.45) is 0.986. The van der Waals surface area contributed by atoms with Crippen molar-refractivity contribution >= 4 is 17.5 Å². The van der Waals surface area contributed by atoms with Crippen LogP contribution in [0.25, 0.3) is 5.57 Å². The molecule has 0 radical (unpaired) electrons. The van der Waals surface area contributed by atoms with Crippen LogP contribution in [0.15, 0.2) is 60.9 Å². The highest BCUT2D eigenvalue weighted by Gasteiger charge is 2.14. The predicted molar refractivity (Wildman–Crippen MR) is 78.6 cm³/mol. The van der Waals surface area contributed by atoms with Crippen molar-refractivity contribution < 1.29 is 19.4 Å². The highest BCUT2D eigenvalue weighted by molar-refractivity contribution is 6.15. The second kappa shape index (κ2) is 6.52. The Balaban J connectivity index is 2.26. The zero-order valence-electron chi connectivity index (χ0n) is 11.4. The van der Waals surface area contributed by atoms with Crippen LogP contribution in [0.4, 0.5) is 0 Å². The summed E-state index contributed by atoms with van der Waals surface area (Å²) in [6, 6.07) is 15.4. The number of hydrogen-bond acceptors (Lipinski definition) is 3. The van der Waals surface area contributed by atoms with Crippen LogP contribution in [0.1, 0.15) is 21.5 Å². The third-order valence-corrected chi connectivity index (χ3v) is 2.96. The molecule has 2 aromatic carbocycles.